The molecule has 0 saturated heterocycles. The first-order chi connectivity index (χ1) is 29.3. The zero-order valence-electron chi connectivity index (χ0n) is 31.9. The molecule has 272 valence electrons. The predicted molar refractivity (Wildman–Crippen MR) is 249 cm³/mol. The Bertz CT molecular complexity index is 3640. The van der Waals surface area contributed by atoms with Crippen molar-refractivity contribution in [1.82, 2.24) is 8.97 Å². The summed E-state index contributed by atoms with van der Waals surface area (Å²) in [6, 6.07) is 74.0. The number of fused-ring (bicyclic) bond motifs is 14. The normalized spacial score (nSPS) is 13.0. The van der Waals surface area contributed by atoms with Gasteiger partial charge in [-0.25, -0.2) is 0 Å². The largest absolute Gasteiger partial charge is 0.311 e. The molecule has 2 aliphatic heterocycles. The Balaban J connectivity index is 1.20. The van der Waals surface area contributed by atoms with Crippen LogP contribution in [0.15, 0.2) is 200 Å². The molecule has 0 fully saturated rings. The molecule has 5 heteroatoms. The third kappa shape index (κ3) is 3.99. The van der Waals surface area contributed by atoms with Gasteiger partial charge >= 0.3 is 0 Å². The van der Waals surface area contributed by atoms with E-state index >= 15 is 0 Å². The van der Waals surface area contributed by atoms with E-state index in [1.807, 2.05) is 0 Å². The summed E-state index contributed by atoms with van der Waals surface area (Å²) in [5, 5.41) is 7.81. The summed E-state index contributed by atoms with van der Waals surface area (Å²) in [5.74, 6) is 0. The van der Waals surface area contributed by atoms with Crippen molar-refractivity contribution in [3.63, 3.8) is 0 Å². The van der Waals surface area contributed by atoms with Gasteiger partial charge in [-0.05, 0) is 83.1 Å². The van der Waals surface area contributed by atoms with E-state index in [0.717, 1.165) is 22.7 Å². The minimum atomic E-state index is 0.00707. The van der Waals surface area contributed by atoms with Crippen LogP contribution in [0.4, 0.5) is 34.1 Å². The standard InChI is InChI=1S/C54H33BN4/c1-4-17-34(18-5-1)56(35-19-6-2-7-20-35)37-31-48-51-49(32-37)58-46-29-14-11-24-41(46)50-53-42(40-26-16-25-39-38-23-10-13-28-45(38)59(53)52(39)40)33-44(54(50)58)55(51)43-27-12-15-30-47(43)57(48)36-21-8-3-9-22-36/h1-33H. The summed E-state index contributed by atoms with van der Waals surface area (Å²) in [5.41, 5.74) is 18.5. The Morgan fingerprint density at radius 1 is 0.373 bits per heavy atom. The Morgan fingerprint density at radius 2 is 0.966 bits per heavy atom. The predicted octanol–water partition coefficient (Wildman–Crippen LogP) is 12.0. The molecule has 0 aliphatic carbocycles. The van der Waals surface area contributed by atoms with Crippen LogP contribution in [0.2, 0.25) is 0 Å². The molecule has 14 rings (SSSR count). The first-order valence-corrected chi connectivity index (χ1v) is 20.5. The maximum atomic E-state index is 2.61. The van der Waals surface area contributed by atoms with Crippen molar-refractivity contribution in [3.05, 3.63) is 200 Å². The van der Waals surface area contributed by atoms with E-state index in [-0.39, 0.29) is 6.71 Å². The first kappa shape index (κ1) is 31.3. The molecular formula is C54H33BN4. The van der Waals surface area contributed by atoms with Crippen molar-refractivity contribution in [2.75, 3.05) is 9.80 Å². The van der Waals surface area contributed by atoms with Crippen LogP contribution >= 0.6 is 0 Å². The van der Waals surface area contributed by atoms with Crippen molar-refractivity contribution < 1.29 is 0 Å². The van der Waals surface area contributed by atoms with E-state index < -0.39 is 0 Å². The highest BCUT2D eigenvalue weighted by molar-refractivity contribution is 7.00. The van der Waals surface area contributed by atoms with Crippen LogP contribution in [0.3, 0.4) is 0 Å². The number of hydrogen-bond donors (Lipinski definition) is 0. The number of hydrogen-bond acceptors (Lipinski definition) is 2. The molecule has 0 radical (unpaired) electrons. The maximum Gasteiger partial charge on any atom is 0.252 e. The topological polar surface area (TPSA) is 15.8 Å². The lowest BCUT2D eigenvalue weighted by Gasteiger charge is -2.41. The minimum Gasteiger partial charge on any atom is -0.311 e. The van der Waals surface area contributed by atoms with E-state index in [9.17, 15) is 0 Å². The Labute approximate surface area is 340 Å². The van der Waals surface area contributed by atoms with Crippen LogP contribution in [0, 0.1) is 0 Å². The van der Waals surface area contributed by atoms with E-state index in [1.165, 1.54) is 93.4 Å². The molecule has 0 N–H and O–H groups in total. The molecule has 0 bridgehead atoms. The summed E-state index contributed by atoms with van der Waals surface area (Å²) < 4.78 is 5.18. The third-order valence-electron chi connectivity index (χ3n) is 13.1. The van der Waals surface area contributed by atoms with Crippen LogP contribution in [0.1, 0.15) is 0 Å². The van der Waals surface area contributed by atoms with Gasteiger partial charge < -0.3 is 18.8 Å². The highest BCUT2D eigenvalue weighted by atomic mass is 15.2. The van der Waals surface area contributed by atoms with Crippen LogP contribution in [0.25, 0.3) is 65.6 Å². The van der Waals surface area contributed by atoms with Crippen molar-refractivity contribution >= 4 is 117 Å². The van der Waals surface area contributed by atoms with Crippen LogP contribution in [0.5, 0.6) is 0 Å². The SMILES string of the molecule is c1ccc(N(c2ccccc2)c2cc3c4c(c2)-n2c5ccccc5c5c2c(cc2c6cccc7c8ccccc8n(c76)c25)B4c2ccccc2N3c2ccccc2)cc1. The molecule has 3 aromatic heterocycles. The van der Waals surface area contributed by atoms with Gasteiger partial charge in [-0.1, -0.05) is 133 Å². The first-order valence-electron chi connectivity index (χ1n) is 20.5. The fourth-order valence-corrected chi connectivity index (χ4v) is 11.0. The van der Waals surface area contributed by atoms with Crippen molar-refractivity contribution in [2.45, 2.75) is 0 Å². The highest BCUT2D eigenvalue weighted by Gasteiger charge is 2.43. The van der Waals surface area contributed by atoms with Gasteiger partial charge in [0.2, 0.25) is 0 Å². The van der Waals surface area contributed by atoms with Gasteiger partial charge in [-0.15, -0.1) is 0 Å². The molecule has 5 heterocycles. The molecule has 59 heavy (non-hydrogen) atoms. The summed E-state index contributed by atoms with van der Waals surface area (Å²) in [6.07, 6.45) is 0. The minimum absolute atomic E-state index is 0.00707. The Morgan fingerprint density at radius 3 is 1.73 bits per heavy atom. The summed E-state index contributed by atoms with van der Waals surface area (Å²) in [4.78, 5) is 4.91. The van der Waals surface area contributed by atoms with E-state index in [0.29, 0.717) is 0 Å². The quantitative estimate of drug-likeness (QED) is 0.167. The maximum absolute atomic E-state index is 2.61. The van der Waals surface area contributed by atoms with Gasteiger partial charge in [0.15, 0.2) is 0 Å². The van der Waals surface area contributed by atoms with Gasteiger partial charge in [-0.2, -0.15) is 0 Å². The van der Waals surface area contributed by atoms with Crippen molar-refractivity contribution in [3.8, 4) is 5.69 Å². The molecule has 0 spiro atoms. The smallest absolute Gasteiger partial charge is 0.252 e. The van der Waals surface area contributed by atoms with Gasteiger partial charge in [0.05, 0.1) is 33.3 Å². The fourth-order valence-electron chi connectivity index (χ4n) is 11.0. The van der Waals surface area contributed by atoms with Crippen LogP contribution < -0.4 is 26.2 Å². The summed E-state index contributed by atoms with van der Waals surface area (Å²) in [7, 11) is 0. The number of aromatic nitrogens is 2. The van der Waals surface area contributed by atoms with Gasteiger partial charge in [-0.3, -0.25) is 0 Å². The van der Waals surface area contributed by atoms with Crippen molar-refractivity contribution in [2.24, 2.45) is 0 Å². The van der Waals surface area contributed by atoms with Gasteiger partial charge in [0, 0.05) is 66.4 Å². The molecular weight excluding hydrogens is 715 g/mol. The van der Waals surface area contributed by atoms with E-state index in [2.05, 4.69) is 219 Å². The van der Waals surface area contributed by atoms with Crippen LogP contribution in [-0.4, -0.2) is 15.7 Å². The number of anilines is 6. The average Bonchev–Trinajstić information content (AvgIpc) is 3.94. The monoisotopic (exact) mass is 748 g/mol. The zero-order valence-corrected chi connectivity index (χ0v) is 31.9. The lowest BCUT2D eigenvalue weighted by molar-refractivity contribution is 1.16. The fraction of sp³-hybridized carbons (Fsp3) is 0. The second kappa shape index (κ2) is 11.4. The second-order valence-corrected chi connectivity index (χ2v) is 16.1. The Hall–Kier alpha value is -7.76. The van der Waals surface area contributed by atoms with Crippen LogP contribution in [-0.2, 0) is 0 Å². The number of benzene rings is 9. The van der Waals surface area contributed by atoms with E-state index in [4.69, 9.17) is 0 Å². The zero-order chi connectivity index (χ0) is 38.3. The number of nitrogens with zero attached hydrogens (tertiary/aromatic N) is 4. The molecule has 0 unspecified atom stereocenters. The summed E-state index contributed by atoms with van der Waals surface area (Å²) >= 11 is 0. The molecule has 0 saturated carbocycles. The Kier molecular flexibility index (Phi) is 6.07. The molecule has 9 aromatic carbocycles. The lowest BCUT2D eigenvalue weighted by atomic mass is 9.33. The highest BCUT2D eigenvalue weighted by Crippen LogP contribution is 2.48. The number of rotatable bonds is 4. The molecule has 4 nitrogen and oxygen atoms in total. The molecule has 2 aliphatic rings. The van der Waals surface area contributed by atoms with Gasteiger partial charge in [0.25, 0.3) is 6.71 Å². The van der Waals surface area contributed by atoms with Crippen molar-refractivity contribution in [1.29, 1.82) is 0 Å². The third-order valence-corrected chi connectivity index (χ3v) is 13.1. The second-order valence-electron chi connectivity index (χ2n) is 16.1. The molecule has 0 amide bonds. The molecule has 0 atom stereocenters. The summed E-state index contributed by atoms with van der Waals surface area (Å²) in [6.45, 7) is 0.00707. The molecule has 12 aromatic rings. The van der Waals surface area contributed by atoms with E-state index in [1.54, 1.807) is 0 Å². The number of para-hydroxylation sites is 7. The van der Waals surface area contributed by atoms with Gasteiger partial charge in [0.1, 0.15) is 0 Å². The lowest BCUT2D eigenvalue weighted by Crippen LogP contribution is -2.60. The average molecular weight is 749 g/mol.